The number of hydrogen-bond donors (Lipinski definition) is 4. The Morgan fingerprint density at radius 1 is 0.933 bits per heavy atom. The minimum absolute atomic E-state index is 0.0147. The first kappa shape index (κ1) is 35.6. The summed E-state index contributed by atoms with van der Waals surface area (Å²) in [4.78, 5) is 80.3. The maximum atomic E-state index is 14.2. The molecule has 5 atom stereocenters. The van der Waals surface area contributed by atoms with E-state index in [1.54, 1.807) is 34.6 Å². The molecule has 2 fully saturated rings. The van der Waals surface area contributed by atoms with E-state index in [0.29, 0.717) is 12.8 Å². The molecule has 1 heterocycles. The van der Waals surface area contributed by atoms with Crippen molar-refractivity contribution in [3.05, 3.63) is 35.6 Å². The van der Waals surface area contributed by atoms with Crippen LogP contribution in [0.5, 0.6) is 0 Å². The van der Waals surface area contributed by atoms with Gasteiger partial charge in [-0.25, -0.2) is 9.18 Å². The van der Waals surface area contributed by atoms with Gasteiger partial charge in [0, 0.05) is 12.1 Å². The number of primary amides is 1. The first-order chi connectivity index (χ1) is 20.9. The molecule has 3 rings (SSSR count). The standard InChI is InChI=1S/C33H48FN5O6/c1-17(2)22-14-15-39(25(22)30(43)36-23(16-19-8-9-19)27(41)29(35)42)31(44)28(33(5,6)7)38-32(45)37-24(18(3)4)26(40)20-10-12-21(34)13-11-20/h10-13,17-19,22-25,28H,8-9,14-16H2,1-7H3,(H2,35,42)(H,36,43)(H2,37,38,45)/t22-,23?,24+,25+,28-/m1/s1. The molecule has 0 aromatic heterocycles. The molecule has 5 N–H and O–H groups in total. The van der Waals surface area contributed by atoms with E-state index < -0.39 is 70.7 Å². The Hall–Kier alpha value is -3.83. The van der Waals surface area contributed by atoms with Crippen molar-refractivity contribution in [1.29, 1.82) is 0 Å². The second kappa shape index (κ2) is 14.5. The maximum absolute atomic E-state index is 14.2. The maximum Gasteiger partial charge on any atom is 0.316 e. The smallest absolute Gasteiger partial charge is 0.316 e. The number of halogens is 1. The topological polar surface area (TPSA) is 168 Å². The van der Waals surface area contributed by atoms with Crippen LogP contribution in [0.1, 0.15) is 84.5 Å². The van der Waals surface area contributed by atoms with Crippen LogP contribution in [0.3, 0.4) is 0 Å². The number of ketones is 2. The number of carbonyl (C=O) groups excluding carboxylic acids is 6. The molecule has 1 aliphatic carbocycles. The Kier molecular flexibility index (Phi) is 11.5. The fourth-order valence-electron chi connectivity index (χ4n) is 5.90. The van der Waals surface area contributed by atoms with E-state index in [4.69, 9.17) is 5.73 Å². The van der Waals surface area contributed by atoms with E-state index in [1.165, 1.54) is 29.2 Å². The van der Waals surface area contributed by atoms with Crippen LogP contribution in [0.15, 0.2) is 24.3 Å². The Balaban J connectivity index is 1.83. The highest BCUT2D eigenvalue weighted by molar-refractivity contribution is 6.37. The third-order valence-corrected chi connectivity index (χ3v) is 8.75. The summed E-state index contributed by atoms with van der Waals surface area (Å²) in [5.74, 6) is -4.21. The highest BCUT2D eigenvalue weighted by Crippen LogP contribution is 2.35. The predicted octanol–water partition coefficient (Wildman–Crippen LogP) is 2.96. The molecule has 12 heteroatoms. The van der Waals surface area contributed by atoms with Gasteiger partial charge < -0.3 is 26.6 Å². The Bertz CT molecular complexity index is 1290. The van der Waals surface area contributed by atoms with Gasteiger partial charge in [0.2, 0.25) is 17.6 Å². The number of nitrogens with two attached hydrogens (primary N) is 1. The molecule has 1 aliphatic heterocycles. The molecule has 11 nitrogen and oxygen atoms in total. The number of hydrogen-bond acceptors (Lipinski definition) is 6. The summed E-state index contributed by atoms with van der Waals surface area (Å²) >= 11 is 0. The number of amides is 5. The van der Waals surface area contributed by atoms with Crippen LogP contribution in [0, 0.1) is 34.9 Å². The van der Waals surface area contributed by atoms with Crippen LogP contribution >= 0.6 is 0 Å². The molecule has 2 aliphatic rings. The molecule has 0 radical (unpaired) electrons. The lowest BCUT2D eigenvalue weighted by molar-refractivity contribution is -0.144. The lowest BCUT2D eigenvalue weighted by Crippen LogP contribution is -2.62. The van der Waals surface area contributed by atoms with Crippen molar-refractivity contribution >= 4 is 35.3 Å². The molecule has 1 aromatic carbocycles. The Morgan fingerprint density at radius 2 is 1.53 bits per heavy atom. The minimum atomic E-state index is -1.12. The largest absolute Gasteiger partial charge is 0.363 e. The van der Waals surface area contributed by atoms with Crippen LogP contribution in [0.2, 0.25) is 0 Å². The van der Waals surface area contributed by atoms with Crippen molar-refractivity contribution in [1.82, 2.24) is 20.9 Å². The molecule has 0 bridgehead atoms. The summed E-state index contributed by atoms with van der Waals surface area (Å²) in [5, 5.41) is 8.16. The first-order valence-corrected chi connectivity index (χ1v) is 15.7. The highest BCUT2D eigenvalue weighted by Gasteiger charge is 2.48. The van der Waals surface area contributed by atoms with Crippen molar-refractivity contribution in [2.45, 2.75) is 98.3 Å². The number of Topliss-reactive ketones (excluding diaryl/α,β-unsaturated/α-hetero) is 2. The molecule has 1 saturated carbocycles. The van der Waals surface area contributed by atoms with Gasteiger partial charge in [-0.1, -0.05) is 61.3 Å². The second-order valence-corrected chi connectivity index (χ2v) is 14.2. The van der Waals surface area contributed by atoms with Gasteiger partial charge in [-0.2, -0.15) is 0 Å². The zero-order valence-corrected chi connectivity index (χ0v) is 27.3. The third-order valence-electron chi connectivity index (χ3n) is 8.75. The normalized spacial score (nSPS) is 20.4. The number of likely N-dealkylation sites (tertiary alicyclic amines) is 1. The summed E-state index contributed by atoms with van der Waals surface area (Å²) in [6.07, 6.45) is 2.63. The average molecular weight is 630 g/mol. The van der Waals surface area contributed by atoms with E-state index in [9.17, 15) is 33.2 Å². The lowest BCUT2D eigenvalue weighted by Gasteiger charge is -2.37. The minimum Gasteiger partial charge on any atom is -0.363 e. The fourth-order valence-corrected chi connectivity index (χ4v) is 5.90. The van der Waals surface area contributed by atoms with Crippen molar-refractivity contribution in [2.24, 2.45) is 34.8 Å². The summed E-state index contributed by atoms with van der Waals surface area (Å²) in [6, 6.07) is 0.270. The van der Waals surface area contributed by atoms with Crippen molar-refractivity contribution in [2.75, 3.05) is 6.54 Å². The fraction of sp³-hybridized carbons (Fsp3) is 0.636. The number of benzene rings is 1. The summed E-state index contributed by atoms with van der Waals surface area (Å²) < 4.78 is 13.4. The third kappa shape index (κ3) is 9.11. The molecule has 5 amide bonds. The van der Waals surface area contributed by atoms with Crippen LogP contribution in [0.4, 0.5) is 9.18 Å². The molecular weight excluding hydrogens is 581 g/mol. The van der Waals surface area contributed by atoms with Gasteiger partial charge in [0.15, 0.2) is 5.78 Å². The molecule has 1 aromatic rings. The van der Waals surface area contributed by atoms with Gasteiger partial charge in [-0.15, -0.1) is 0 Å². The SMILES string of the molecule is CC(C)[C@H](NC(=O)N[C@H](C(=O)N1CC[C@H](C(C)C)[C@H]1C(=O)NC(CC1CC1)C(=O)C(N)=O)C(C)(C)C)C(=O)c1ccc(F)cc1. The number of nitrogens with zero attached hydrogens (tertiary/aromatic N) is 1. The highest BCUT2D eigenvalue weighted by atomic mass is 19.1. The van der Waals surface area contributed by atoms with Gasteiger partial charge in [-0.05, 0) is 66.2 Å². The summed E-state index contributed by atoms with van der Waals surface area (Å²) in [7, 11) is 0. The van der Waals surface area contributed by atoms with E-state index in [1.807, 2.05) is 13.8 Å². The average Bonchev–Trinajstić information content (AvgIpc) is 3.65. The molecule has 1 unspecified atom stereocenters. The molecular formula is C33H48FN5O6. The molecule has 45 heavy (non-hydrogen) atoms. The molecule has 0 spiro atoms. The number of nitrogens with one attached hydrogen (secondary N) is 3. The van der Waals surface area contributed by atoms with Gasteiger partial charge in [0.05, 0.1) is 12.1 Å². The summed E-state index contributed by atoms with van der Waals surface area (Å²) in [6.45, 7) is 13.0. The quantitative estimate of drug-likeness (QED) is 0.193. The molecule has 248 valence electrons. The zero-order chi connectivity index (χ0) is 33.8. The number of rotatable bonds is 13. The second-order valence-electron chi connectivity index (χ2n) is 14.2. The molecule has 1 saturated heterocycles. The monoisotopic (exact) mass is 629 g/mol. The van der Waals surface area contributed by atoms with Crippen LogP contribution in [-0.2, 0) is 19.2 Å². The number of urea groups is 1. The van der Waals surface area contributed by atoms with Gasteiger partial charge in [0.1, 0.15) is 17.9 Å². The van der Waals surface area contributed by atoms with Crippen molar-refractivity contribution in [3.63, 3.8) is 0 Å². The van der Waals surface area contributed by atoms with Gasteiger partial charge in [0.25, 0.3) is 5.91 Å². The van der Waals surface area contributed by atoms with E-state index >= 15 is 0 Å². The predicted molar refractivity (Wildman–Crippen MR) is 166 cm³/mol. The van der Waals surface area contributed by atoms with Crippen molar-refractivity contribution < 1.29 is 33.2 Å². The van der Waals surface area contributed by atoms with E-state index in [2.05, 4.69) is 16.0 Å². The number of carbonyl (C=O) groups is 6. The Labute approximate surface area is 264 Å². The first-order valence-electron chi connectivity index (χ1n) is 15.7. The Morgan fingerprint density at radius 3 is 2.02 bits per heavy atom. The van der Waals surface area contributed by atoms with Crippen LogP contribution < -0.4 is 21.7 Å². The van der Waals surface area contributed by atoms with E-state index in [0.717, 1.165) is 12.8 Å². The van der Waals surface area contributed by atoms with Gasteiger partial charge in [-0.3, -0.25) is 24.0 Å². The van der Waals surface area contributed by atoms with Gasteiger partial charge >= 0.3 is 6.03 Å². The zero-order valence-electron chi connectivity index (χ0n) is 27.3. The van der Waals surface area contributed by atoms with Crippen LogP contribution in [0.25, 0.3) is 0 Å². The van der Waals surface area contributed by atoms with E-state index in [-0.39, 0.29) is 35.8 Å². The van der Waals surface area contributed by atoms with Crippen LogP contribution in [-0.4, -0.2) is 70.9 Å². The van der Waals surface area contributed by atoms with Crippen molar-refractivity contribution in [3.8, 4) is 0 Å². The lowest BCUT2D eigenvalue weighted by atomic mass is 9.84. The summed E-state index contributed by atoms with van der Waals surface area (Å²) in [5.41, 5.74) is 4.71.